The van der Waals surface area contributed by atoms with E-state index in [9.17, 15) is 9.90 Å². The van der Waals surface area contributed by atoms with Gasteiger partial charge in [-0.1, -0.05) is 12.1 Å². The summed E-state index contributed by atoms with van der Waals surface area (Å²) in [5.74, 6) is 0.175. The van der Waals surface area contributed by atoms with Gasteiger partial charge in [0.25, 0.3) is 5.91 Å². The summed E-state index contributed by atoms with van der Waals surface area (Å²) in [4.78, 5) is 14.9. The average Bonchev–Trinajstić information content (AvgIpc) is 2.87. The lowest BCUT2D eigenvalue weighted by molar-refractivity contribution is 0.0708. The molecule has 1 aliphatic heterocycles. The maximum absolute atomic E-state index is 12.6. The highest BCUT2D eigenvalue weighted by molar-refractivity contribution is 7.08. The molecule has 0 aliphatic carbocycles. The van der Waals surface area contributed by atoms with Gasteiger partial charge in [0.1, 0.15) is 10.6 Å². The molecular formula is C15H18N4O2S. The van der Waals surface area contributed by atoms with Crippen molar-refractivity contribution >= 4 is 23.1 Å². The number of phenolic OH excluding ortho intramolecular Hbond substituents is 1. The number of carbonyl (C=O) groups excluding carboxylic acids is 1. The smallest absolute Gasteiger partial charge is 0.267 e. The average molecular weight is 318 g/mol. The topological polar surface area (TPSA) is 91.5 Å². The third-order valence-electron chi connectivity index (χ3n) is 3.86. The maximum atomic E-state index is 12.6. The number of rotatable bonds is 2. The number of piperazine rings is 1. The number of aromatic hydroxyl groups is 1. The minimum atomic E-state index is -0.0617. The lowest BCUT2D eigenvalue weighted by atomic mass is 10.0. The summed E-state index contributed by atoms with van der Waals surface area (Å²) in [7, 11) is 0. The summed E-state index contributed by atoms with van der Waals surface area (Å²) in [5.41, 5.74) is 8.16. The van der Waals surface area contributed by atoms with Crippen LogP contribution in [0.5, 0.6) is 5.75 Å². The van der Waals surface area contributed by atoms with E-state index >= 15 is 0 Å². The molecule has 1 unspecified atom stereocenters. The Morgan fingerprint density at radius 2 is 2.18 bits per heavy atom. The van der Waals surface area contributed by atoms with Gasteiger partial charge in [-0.05, 0) is 36.2 Å². The van der Waals surface area contributed by atoms with E-state index in [-0.39, 0.29) is 17.7 Å². The number of nitrogens with zero attached hydrogens (tertiary/aromatic N) is 2. The van der Waals surface area contributed by atoms with Crippen molar-refractivity contribution in [2.75, 3.05) is 25.4 Å². The van der Waals surface area contributed by atoms with E-state index in [4.69, 9.17) is 5.73 Å². The van der Waals surface area contributed by atoms with Gasteiger partial charge in [-0.2, -0.15) is 4.37 Å². The first-order valence-corrected chi connectivity index (χ1v) is 7.87. The molecule has 1 atom stereocenters. The molecule has 0 bridgehead atoms. The summed E-state index contributed by atoms with van der Waals surface area (Å²) in [6.45, 7) is 3.73. The van der Waals surface area contributed by atoms with E-state index in [1.165, 1.54) is 0 Å². The number of aromatic nitrogens is 1. The Morgan fingerprint density at radius 3 is 2.82 bits per heavy atom. The van der Waals surface area contributed by atoms with Crippen molar-refractivity contribution in [1.29, 1.82) is 0 Å². The maximum Gasteiger partial charge on any atom is 0.267 e. The number of amides is 1. The number of carbonyl (C=O) groups is 1. The van der Waals surface area contributed by atoms with Gasteiger partial charge in [0.2, 0.25) is 0 Å². The van der Waals surface area contributed by atoms with E-state index in [1.54, 1.807) is 24.0 Å². The van der Waals surface area contributed by atoms with Crippen molar-refractivity contribution in [3.63, 3.8) is 0 Å². The number of nitrogens with two attached hydrogens (primary N) is 1. The van der Waals surface area contributed by atoms with Gasteiger partial charge in [-0.15, -0.1) is 0 Å². The normalized spacial score (nSPS) is 18.4. The summed E-state index contributed by atoms with van der Waals surface area (Å²) in [6.07, 6.45) is 0. The van der Waals surface area contributed by atoms with E-state index in [0.717, 1.165) is 23.6 Å². The highest BCUT2D eigenvalue weighted by atomic mass is 32.1. The molecular weight excluding hydrogens is 300 g/mol. The molecule has 2 heterocycles. The SMILES string of the molecule is Cc1nsc(C(=O)N2CCNC(c3ccc(O)cc3)C2)c1N. The van der Waals surface area contributed by atoms with Crippen LogP contribution >= 0.6 is 11.5 Å². The van der Waals surface area contributed by atoms with E-state index < -0.39 is 0 Å². The fourth-order valence-corrected chi connectivity index (χ4v) is 3.32. The molecule has 7 heteroatoms. The highest BCUT2D eigenvalue weighted by Gasteiger charge is 2.27. The molecule has 22 heavy (non-hydrogen) atoms. The van der Waals surface area contributed by atoms with E-state index in [0.29, 0.717) is 29.3 Å². The van der Waals surface area contributed by atoms with Crippen LogP contribution in [0.15, 0.2) is 24.3 Å². The highest BCUT2D eigenvalue weighted by Crippen LogP contribution is 2.25. The minimum absolute atomic E-state index is 0.0496. The number of aryl methyl sites for hydroxylation is 1. The molecule has 1 amide bonds. The molecule has 2 aromatic rings. The van der Waals surface area contributed by atoms with Gasteiger partial charge >= 0.3 is 0 Å². The summed E-state index contributed by atoms with van der Waals surface area (Å²) < 4.78 is 4.14. The fourth-order valence-electron chi connectivity index (χ4n) is 2.54. The van der Waals surface area contributed by atoms with Crippen molar-refractivity contribution in [3.05, 3.63) is 40.4 Å². The zero-order valence-corrected chi connectivity index (χ0v) is 13.1. The Hall–Kier alpha value is -2.12. The van der Waals surface area contributed by atoms with Crippen molar-refractivity contribution in [2.45, 2.75) is 13.0 Å². The minimum Gasteiger partial charge on any atom is -0.508 e. The monoisotopic (exact) mass is 318 g/mol. The summed E-state index contributed by atoms with van der Waals surface area (Å²) in [6, 6.07) is 7.09. The van der Waals surface area contributed by atoms with E-state index in [1.807, 2.05) is 12.1 Å². The van der Waals surface area contributed by atoms with Gasteiger partial charge in [-0.25, -0.2) is 0 Å². The first-order valence-electron chi connectivity index (χ1n) is 7.09. The third-order valence-corrected chi connectivity index (χ3v) is 4.80. The second kappa shape index (κ2) is 5.94. The predicted octanol–water partition coefficient (Wildman–Crippen LogP) is 1.53. The zero-order chi connectivity index (χ0) is 15.7. The van der Waals surface area contributed by atoms with Crippen LogP contribution in [0.25, 0.3) is 0 Å². The number of nitrogen functional groups attached to an aromatic ring is 1. The Bertz CT molecular complexity index is 683. The van der Waals surface area contributed by atoms with Crippen LogP contribution in [0.3, 0.4) is 0 Å². The van der Waals surface area contributed by atoms with Gasteiger partial charge in [0.15, 0.2) is 0 Å². The zero-order valence-electron chi connectivity index (χ0n) is 12.2. The molecule has 1 aromatic heterocycles. The molecule has 6 nitrogen and oxygen atoms in total. The molecule has 1 fully saturated rings. The first-order chi connectivity index (χ1) is 10.6. The Labute approximate surface area is 132 Å². The molecule has 1 aromatic carbocycles. The van der Waals surface area contributed by atoms with Gasteiger partial charge in [-0.3, -0.25) is 4.79 Å². The molecule has 0 spiro atoms. The second-order valence-corrected chi connectivity index (χ2v) is 6.13. The van der Waals surface area contributed by atoms with Crippen LogP contribution in [0.2, 0.25) is 0 Å². The molecule has 3 rings (SSSR count). The van der Waals surface area contributed by atoms with Gasteiger partial charge in [0, 0.05) is 25.7 Å². The fraction of sp³-hybridized carbons (Fsp3) is 0.333. The first kappa shape index (κ1) is 14.8. The number of nitrogens with one attached hydrogen (secondary N) is 1. The summed E-state index contributed by atoms with van der Waals surface area (Å²) in [5, 5.41) is 12.8. The summed E-state index contributed by atoms with van der Waals surface area (Å²) >= 11 is 1.16. The van der Waals surface area contributed by atoms with Crippen LogP contribution in [-0.2, 0) is 0 Å². The number of phenols is 1. The lowest BCUT2D eigenvalue weighted by Gasteiger charge is -2.33. The Balaban J connectivity index is 1.76. The van der Waals surface area contributed by atoms with Crippen molar-refractivity contribution < 1.29 is 9.90 Å². The number of anilines is 1. The largest absolute Gasteiger partial charge is 0.508 e. The Morgan fingerprint density at radius 1 is 1.45 bits per heavy atom. The molecule has 0 saturated carbocycles. The molecule has 0 radical (unpaired) electrons. The van der Waals surface area contributed by atoms with Crippen LogP contribution in [0, 0.1) is 6.92 Å². The van der Waals surface area contributed by atoms with Crippen LogP contribution in [-0.4, -0.2) is 39.9 Å². The van der Waals surface area contributed by atoms with E-state index in [2.05, 4.69) is 9.69 Å². The molecule has 4 N–H and O–H groups in total. The van der Waals surface area contributed by atoms with Crippen LogP contribution < -0.4 is 11.1 Å². The van der Waals surface area contributed by atoms with Crippen molar-refractivity contribution in [1.82, 2.24) is 14.6 Å². The van der Waals surface area contributed by atoms with Gasteiger partial charge < -0.3 is 21.1 Å². The lowest BCUT2D eigenvalue weighted by Crippen LogP contribution is -2.48. The quantitative estimate of drug-likeness (QED) is 0.781. The van der Waals surface area contributed by atoms with Crippen LogP contribution in [0.1, 0.15) is 27.0 Å². The van der Waals surface area contributed by atoms with Crippen LogP contribution in [0.4, 0.5) is 5.69 Å². The van der Waals surface area contributed by atoms with Gasteiger partial charge in [0.05, 0.1) is 11.4 Å². The number of benzene rings is 1. The Kier molecular flexibility index (Phi) is 4.00. The van der Waals surface area contributed by atoms with Crippen molar-refractivity contribution in [2.24, 2.45) is 0 Å². The second-order valence-electron chi connectivity index (χ2n) is 5.36. The number of hydrogen-bond donors (Lipinski definition) is 3. The standard InChI is InChI=1S/C15H18N4O2S/c1-9-13(16)14(22-18-9)15(21)19-7-6-17-12(8-19)10-2-4-11(20)5-3-10/h2-5,12,17,20H,6-8,16H2,1H3. The predicted molar refractivity (Wildman–Crippen MR) is 86.0 cm³/mol. The molecule has 1 saturated heterocycles. The number of hydrogen-bond acceptors (Lipinski definition) is 6. The third kappa shape index (κ3) is 2.77. The van der Waals surface area contributed by atoms with Crippen molar-refractivity contribution in [3.8, 4) is 5.75 Å². The molecule has 116 valence electrons. The molecule has 1 aliphatic rings.